The van der Waals surface area contributed by atoms with E-state index in [1.165, 1.54) is 17.9 Å². The Balaban J connectivity index is 1.52. The zero-order chi connectivity index (χ0) is 17.9. The largest absolute Gasteiger partial charge is 0.253 e. The summed E-state index contributed by atoms with van der Waals surface area (Å²) in [4.78, 5) is 4.65. The molecule has 26 heavy (non-hydrogen) atoms. The zero-order valence-electron chi connectivity index (χ0n) is 13.5. The van der Waals surface area contributed by atoms with E-state index in [0.29, 0.717) is 0 Å². The Morgan fingerprint density at radius 2 is 1.81 bits per heavy atom. The van der Waals surface area contributed by atoms with Gasteiger partial charge in [0.25, 0.3) is 0 Å². The lowest BCUT2D eigenvalue weighted by molar-refractivity contribution is 1.29. The number of nitrogens with one attached hydrogen (secondary N) is 1. The summed E-state index contributed by atoms with van der Waals surface area (Å²) in [6.45, 7) is 0. The van der Waals surface area contributed by atoms with Gasteiger partial charge in [-0.05, 0) is 80.2 Å². The van der Waals surface area contributed by atoms with Crippen LogP contribution in [0.4, 0.5) is 5.13 Å². The second-order valence-corrected chi connectivity index (χ2v) is 8.90. The van der Waals surface area contributed by atoms with Crippen LogP contribution in [0.1, 0.15) is 5.56 Å². The van der Waals surface area contributed by atoms with Gasteiger partial charge in [0, 0.05) is 23.6 Å². The lowest BCUT2D eigenvalue weighted by Gasteiger charge is -2.01. The summed E-state index contributed by atoms with van der Waals surface area (Å²) in [5, 5.41) is 9.63. The van der Waals surface area contributed by atoms with Gasteiger partial charge in [-0.2, -0.15) is 5.10 Å². The Kier molecular flexibility index (Phi) is 5.51. The standard InChI is InChI=1S/C20H13I2N3S/c21-17-7-8-18(22)16(10-17)11-23-25-20-24-19(12-26-20)15-6-5-13-3-1-2-4-14(13)9-15/h1-12H,(H,24,25)/b23-11+. The van der Waals surface area contributed by atoms with Crippen LogP contribution >= 0.6 is 56.5 Å². The number of hydrazone groups is 1. The molecule has 1 aromatic heterocycles. The number of nitrogens with zero attached hydrogens (tertiary/aromatic N) is 2. The van der Waals surface area contributed by atoms with Gasteiger partial charge in [0.05, 0.1) is 11.9 Å². The highest BCUT2D eigenvalue weighted by Crippen LogP contribution is 2.27. The third-order valence-corrected chi connectivity index (χ3v) is 6.27. The minimum absolute atomic E-state index is 0.782. The summed E-state index contributed by atoms with van der Waals surface area (Å²) in [7, 11) is 0. The van der Waals surface area contributed by atoms with Crippen molar-refractivity contribution in [1.82, 2.24) is 4.98 Å². The van der Waals surface area contributed by atoms with Crippen molar-refractivity contribution in [2.45, 2.75) is 0 Å². The van der Waals surface area contributed by atoms with Crippen LogP contribution in [0.3, 0.4) is 0 Å². The molecule has 0 spiro atoms. The number of benzene rings is 3. The monoisotopic (exact) mass is 581 g/mol. The van der Waals surface area contributed by atoms with Gasteiger partial charge < -0.3 is 0 Å². The van der Waals surface area contributed by atoms with Crippen molar-refractivity contribution in [2.24, 2.45) is 5.10 Å². The predicted octanol–water partition coefficient (Wildman–Crippen LogP) is 6.62. The minimum atomic E-state index is 0.782. The van der Waals surface area contributed by atoms with Crippen LogP contribution in [0.25, 0.3) is 22.0 Å². The molecule has 0 aliphatic heterocycles. The van der Waals surface area contributed by atoms with E-state index in [9.17, 15) is 0 Å². The van der Waals surface area contributed by atoms with Crippen molar-refractivity contribution in [3.05, 3.63) is 78.7 Å². The fourth-order valence-corrected chi connectivity index (χ4v) is 4.24. The van der Waals surface area contributed by atoms with Crippen LogP contribution < -0.4 is 5.43 Å². The number of halogens is 2. The molecule has 0 fully saturated rings. The number of thiazole rings is 1. The first-order valence-electron chi connectivity index (χ1n) is 7.88. The third kappa shape index (κ3) is 4.07. The zero-order valence-corrected chi connectivity index (χ0v) is 18.6. The molecule has 0 bridgehead atoms. The Bertz CT molecular complexity index is 1110. The van der Waals surface area contributed by atoms with Crippen molar-refractivity contribution in [3.8, 4) is 11.3 Å². The highest BCUT2D eigenvalue weighted by Gasteiger charge is 2.05. The van der Waals surface area contributed by atoms with Gasteiger partial charge in [0.1, 0.15) is 0 Å². The van der Waals surface area contributed by atoms with Crippen LogP contribution in [0.5, 0.6) is 0 Å². The molecule has 6 heteroatoms. The molecular formula is C20H13I2N3S. The smallest absolute Gasteiger partial charge is 0.203 e. The summed E-state index contributed by atoms with van der Waals surface area (Å²) < 4.78 is 2.36. The van der Waals surface area contributed by atoms with E-state index in [2.05, 4.69) is 127 Å². The molecular weight excluding hydrogens is 568 g/mol. The number of aromatic nitrogens is 1. The van der Waals surface area contributed by atoms with E-state index in [0.717, 1.165) is 22.0 Å². The molecule has 0 amide bonds. The first kappa shape index (κ1) is 17.9. The number of rotatable bonds is 4. The summed E-state index contributed by atoms with van der Waals surface area (Å²) in [5.74, 6) is 0. The lowest BCUT2D eigenvalue weighted by atomic mass is 10.1. The fraction of sp³-hybridized carbons (Fsp3) is 0. The second kappa shape index (κ2) is 8.01. The quantitative estimate of drug-likeness (QED) is 0.167. The number of anilines is 1. The van der Waals surface area contributed by atoms with E-state index in [1.807, 2.05) is 6.21 Å². The van der Waals surface area contributed by atoms with Crippen LogP contribution in [-0.2, 0) is 0 Å². The normalized spacial score (nSPS) is 11.3. The molecule has 0 saturated heterocycles. The SMILES string of the molecule is Ic1ccc(I)c(/C=N/Nc2nc(-c3ccc4ccccc4c3)cs2)c1. The van der Waals surface area contributed by atoms with Crippen LogP contribution in [-0.4, -0.2) is 11.2 Å². The first-order chi connectivity index (χ1) is 12.7. The number of hydrogen-bond acceptors (Lipinski definition) is 4. The van der Waals surface area contributed by atoms with Crippen LogP contribution in [0.2, 0.25) is 0 Å². The molecule has 4 aromatic rings. The third-order valence-electron chi connectivity index (χ3n) is 3.87. The van der Waals surface area contributed by atoms with E-state index in [1.54, 1.807) is 11.3 Å². The Hall–Kier alpha value is -1.52. The number of hydrogen-bond donors (Lipinski definition) is 1. The second-order valence-electron chi connectivity index (χ2n) is 5.64. The Morgan fingerprint density at radius 3 is 2.69 bits per heavy atom. The maximum Gasteiger partial charge on any atom is 0.203 e. The topological polar surface area (TPSA) is 37.3 Å². The van der Waals surface area contributed by atoms with Gasteiger partial charge in [-0.25, -0.2) is 4.98 Å². The minimum Gasteiger partial charge on any atom is -0.253 e. The van der Waals surface area contributed by atoms with Gasteiger partial charge in [0.15, 0.2) is 0 Å². The predicted molar refractivity (Wildman–Crippen MR) is 128 cm³/mol. The van der Waals surface area contributed by atoms with Crippen LogP contribution in [0.15, 0.2) is 71.1 Å². The maximum absolute atomic E-state index is 4.65. The molecule has 128 valence electrons. The van der Waals surface area contributed by atoms with Gasteiger partial charge in [0.2, 0.25) is 5.13 Å². The molecule has 0 unspecified atom stereocenters. The fourth-order valence-electron chi connectivity index (χ4n) is 2.58. The van der Waals surface area contributed by atoms with Gasteiger partial charge >= 0.3 is 0 Å². The van der Waals surface area contributed by atoms with Crippen molar-refractivity contribution >= 4 is 78.6 Å². The van der Waals surface area contributed by atoms with Gasteiger partial charge in [-0.1, -0.05) is 36.4 Å². The lowest BCUT2D eigenvalue weighted by Crippen LogP contribution is -1.93. The van der Waals surface area contributed by atoms with E-state index in [4.69, 9.17) is 0 Å². The van der Waals surface area contributed by atoms with Crippen molar-refractivity contribution in [2.75, 3.05) is 5.43 Å². The maximum atomic E-state index is 4.65. The molecule has 0 aliphatic rings. The molecule has 4 rings (SSSR count). The van der Waals surface area contributed by atoms with Crippen molar-refractivity contribution in [1.29, 1.82) is 0 Å². The molecule has 0 saturated carbocycles. The molecule has 1 heterocycles. The molecule has 0 radical (unpaired) electrons. The summed E-state index contributed by atoms with van der Waals surface area (Å²) in [5.41, 5.74) is 6.21. The van der Waals surface area contributed by atoms with Crippen molar-refractivity contribution < 1.29 is 0 Å². The Labute approximate surface area is 182 Å². The molecule has 3 nitrogen and oxygen atoms in total. The summed E-state index contributed by atoms with van der Waals surface area (Å²) in [6.07, 6.45) is 1.83. The first-order valence-corrected chi connectivity index (χ1v) is 10.9. The summed E-state index contributed by atoms with van der Waals surface area (Å²) in [6, 6.07) is 21.1. The highest BCUT2D eigenvalue weighted by molar-refractivity contribution is 14.1. The van der Waals surface area contributed by atoms with Gasteiger partial charge in [-0.15, -0.1) is 11.3 Å². The highest BCUT2D eigenvalue weighted by atomic mass is 127. The van der Waals surface area contributed by atoms with E-state index >= 15 is 0 Å². The Morgan fingerprint density at radius 1 is 0.962 bits per heavy atom. The molecule has 1 N–H and O–H groups in total. The molecule has 0 aliphatic carbocycles. The van der Waals surface area contributed by atoms with E-state index < -0.39 is 0 Å². The molecule has 0 atom stereocenters. The summed E-state index contributed by atoms with van der Waals surface area (Å²) >= 11 is 6.17. The van der Waals surface area contributed by atoms with Crippen molar-refractivity contribution in [3.63, 3.8) is 0 Å². The average Bonchev–Trinajstić information content (AvgIpc) is 3.13. The number of fused-ring (bicyclic) bond motifs is 1. The molecule has 3 aromatic carbocycles. The van der Waals surface area contributed by atoms with E-state index in [-0.39, 0.29) is 0 Å². The van der Waals surface area contributed by atoms with Crippen LogP contribution in [0, 0.1) is 7.14 Å². The van der Waals surface area contributed by atoms with Gasteiger partial charge in [-0.3, -0.25) is 5.43 Å². The average molecular weight is 581 g/mol.